The molecule has 6 nitrogen and oxygen atoms in total. The predicted octanol–water partition coefficient (Wildman–Crippen LogP) is 4.61. The minimum Gasteiger partial charge on any atom is -0.383 e. The third-order valence-electron chi connectivity index (χ3n) is 4.19. The lowest BCUT2D eigenvalue weighted by atomic mass is 10.1. The van der Waals surface area contributed by atoms with Crippen LogP contribution in [0.1, 0.15) is 36.6 Å². The first-order valence-electron chi connectivity index (χ1n) is 8.27. The topological polar surface area (TPSA) is 82.5 Å². The summed E-state index contributed by atoms with van der Waals surface area (Å²) in [5, 5.41) is 2.99. The van der Waals surface area contributed by atoms with Crippen LogP contribution in [0, 0.1) is 0 Å². The molecule has 3 rings (SSSR count). The Morgan fingerprint density at radius 3 is 2.21 bits per heavy atom. The molecule has 2 N–H and O–H groups in total. The second-order valence-electron chi connectivity index (χ2n) is 5.97. The maximum absolute atomic E-state index is 13.4. The zero-order valence-corrected chi connectivity index (χ0v) is 15.7. The van der Waals surface area contributed by atoms with Gasteiger partial charge in [0.25, 0.3) is 0 Å². The molecule has 0 aromatic carbocycles. The van der Waals surface area contributed by atoms with Crippen molar-refractivity contribution in [1.29, 1.82) is 0 Å². The number of nitrogen functional groups attached to an aromatic ring is 1. The van der Waals surface area contributed by atoms with Gasteiger partial charge in [-0.3, -0.25) is 4.98 Å². The van der Waals surface area contributed by atoms with Crippen molar-refractivity contribution in [2.75, 3.05) is 5.73 Å². The first-order valence-corrected chi connectivity index (χ1v) is 8.65. The molecule has 0 saturated carbocycles. The fraction of sp³-hybridized carbons (Fsp3) is 0.375. The van der Waals surface area contributed by atoms with Crippen molar-refractivity contribution in [3.63, 3.8) is 0 Å². The van der Waals surface area contributed by atoms with Gasteiger partial charge in [0.1, 0.15) is 5.82 Å². The van der Waals surface area contributed by atoms with Gasteiger partial charge in [-0.1, -0.05) is 25.4 Å². The summed E-state index contributed by atoms with van der Waals surface area (Å²) in [7, 11) is 0. The van der Waals surface area contributed by atoms with Gasteiger partial charge in [0.15, 0.2) is 11.3 Å². The molecule has 0 aliphatic heterocycles. The Morgan fingerprint density at radius 1 is 1.03 bits per heavy atom. The number of pyridine rings is 1. The number of anilines is 1. The molecular weight excluding hydrogens is 426 g/mol. The van der Waals surface area contributed by atoms with E-state index in [9.17, 15) is 26.3 Å². The van der Waals surface area contributed by atoms with Gasteiger partial charge in [-0.05, 0) is 12.8 Å². The van der Waals surface area contributed by atoms with Crippen LogP contribution in [0.15, 0.2) is 6.20 Å². The monoisotopic (exact) mass is 438 g/mol. The molecule has 156 valence electrons. The van der Waals surface area contributed by atoms with E-state index in [-0.39, 0.29) is 10.7 Å². The zero-order valence-electron chi connectivity index (χ0n) is 15.0. The fourth-order valence-electron chi connectivity index (χ4n) is 2.97. The van der Waals surface area contributed by atoms with E-state index in [2.05, 4.69) is 20.1 Å². The van der Waals surface area contributed by atoms with Crippen molar-refractivity contribution < 1.29 is 26.3 Å². The van der Waals surface area contributed by atoms with Crippen LogP contribution in [-0.4, -0.2) is 24.7 Å². The van der Waals surface area contributed by atoms with Gasteiger partial charge in [0.2, 0.25) is 5.82 Å². The van der Waals surface area contributed by atoms with Crippen LogP contribution in [0.25, 0.3) is 16.7 Å². The van der Waals surface area contributed by atoms with Gasteiger partial charge >= 0.3 is 12.4 Å². The van der Waals surface area contributed by atoms with Crippen LogP contribution in [0.5, 0.6) is 0 Å². The molecular formula is C16H13ClF6N6. The van der Waals surface area contributed by atoms with E-state index >= 15 is 0 Å². The van der Waals surface area contributed by atoms with Gasteiger partial charge in [-0.25, -0.2) is 14.6 Å². The molecule has 3 heterocycles. The molecule has 0 atom stereocenters. The number of aryl methyl sites for hydroxylation is 1. The summed E-state index contributed by atoms with van der Waals surface area (Å²) in [5.41, 5.74) is 4.50. The molecule has 13 heteroatoms. The fourth-order valence-corrected chi connectivity index (χ4v) is 3.22. The quantitative estimate of drug-likeness (QED) is 0.604. The maximum atomic E-state index is 13.4. The number of nitrogens with zero attached hydrogens (tertiary/aromatic N) is 5. The van der Waals surface area contributed by atoms with Crippen LogP contribution >= 0.6 is 11.6 Å². The third-order valence-corrected chi connectivity index (χ3v) is 4.46. The number of aromatic nitrogens is 5. The summed E-state index contributed by atoms with van der Waals surface area (Å²) in [6.45, 7) is 3.57. The molecule has 0 aliphatic carbocycles. The highest BCUT2D eigenvalue weighted by Gasteiger charge is 2.43. The smallest absolute Gasteiger partial charge is 0.383 e. The third kappa shape index (κ3) is 3.56. The molecule has 0 amide bonds. The Kier molecular flexibility index (Phi) is 5.10. The summed E-state index contributed by atoms with van der Waals surface area (Å²) in [5.74, 6) is -2.54. The summed E-state index contributed by atoms with van der Waals surface area (Å²) >= 11 is 6.19. The lowest BCUT2D eigenvalue weighted by Crippen LogP contribution is -2.17. The number of alkyl halides is 6. The minimum absolute atomic E-state index is 0.0242. The van der Waals surface area contributed by atoms with Gasteiger partial charge in [-0.15, -0.1) is 5.10 Å². The number of rotatable bonds is 3. The number of hydrogen-bond donors (Lipinski definition) is 1. The standard InChI is InChI=1S/C16H13ClF6N6/c1-3-6-8(4-2)25-5-7(17)10(6)29-12(24)9-11(15(18,19)20)26-14(16(21,22)23)27-13(9)28-29/h5H,3-4,24H2,1-2H3. The van der Waals surface area contributed by atoms with Gasteiger partial charge in [0.05, 0.1) is 16.1 Å². The van der Waals surface area contributed by atoms with Crippen molar-refractivity contribution in [2.24, 2.45) is 0 Å². The number of halogens is 7. The Morgan fingerprint density at radius 2 is 1.69 bits per heavy atom. The van der Waals surface area contributed by atoms with Crippen LogP contribution < -0.4 is 5.73 Å². The van der Waals surface area contributed by atoms with E-state index in [0.29, 0.717) is 24.1 Å². The average molecular weight is 439 g/mol. The molecule has 0 unspecified atom stereocenters. The summed E-state index contributed by atoms with van der Waals surface area (Å²) < 4.78 is 80.2. The summed E-state index contributed by atoms with van der Waals surface area (Å²) in [4.78, 5) is 9.99. The summed E-state index contributed by atoms with van der Waals surface area (Å²) in [6, 6.07) is 0. The van der Waals surface area contributed by atoms with Crippen molar-refractivity contribution in [3.8, 4) is 5.69 Å². The highest BCUT2D eigenvalue weighted by atomic mass is 35.5. The second kappa shape index (κ2) is 7.01. The lowest BCUT2D eigenvalue weighted by molar-refractivity contribution is -0.151. The molecule has 0 saturated heterocycles. The molecule has 3 aromatic rings. The largest absolute Gasteiger partial charge is 0.451 e. The molecule has 0 spiro atoms. The van der Waals surface area contributed by atoms with Gasteiger partial charge in [0, 0.05) is 17.5 Å². The van der Waals surface area contributed by atoms with Crippen molar-refractivity contribution in [2.45, 2.75) is 39.0 Å². The highest BCUT2D eigenvalue weighted by Crippen LogP contribution is 2.39. The number of hydrogen-bond acceptors (Lipinski definition) is 5. The first-order chi connectivity index (χ1) is 13.4. The molecule has 0 fully saturated rings. The SMILES string of the molecule is CCc1ncc(Cl)c(-n2nc3nc(C(F)(F)F)nc(C(F)(F)F)c3c2N)c1CC. The van der Waals surface area contributed by atoms with Gasteiger partial charge in [-0.2, -0.15) is 26.3 Å². The summed E-state index contributed by atoms with van der Waals surface area (Å²) in [6.07, 6.45) is -8.27. The van der Waals surface area contributed by atoms with E-state index in [4.69, 9.17) is 17.3 Å². The normalized spacial score (nSPS) is 12.7. The maximum Gasteiger partial charge on any atom is 0.451 e. The van der Waals surface area contributed by atoms with Crippen LogP contribution in [0.4, 0.5) is 32.2 Å². The van der Waals surface area contributed by atoms with Gasteiger partial charge < -0.3 is 5.73 Å². The van der Waals surface area contributed by atoms with Crippen LogP contribution in [0.2, 0.25) is 5.02 Å². The molecule has 29 heavy (non-hydrogen) atoms. The molecule has 3 aromatic heterocycles. The number of fused-ring (bicyclic) bond motifs is 1. The van der Waals surface area contributed by atoms with Crippen LogP contribution in [0.3, 0.4) is 0 Å². The van der Waals surface area contributed by atoms with E-state index in [1.807, 2.05) is 6.92 Å². The molecule has 0 aliphatic rings. The van der Waals surface area contributed by atoms with E-state index in [1.165, 1.54) is 6.20 Å². The Hall–Kier alpha value is -2.63. The van der Waals surface area contributed by atoms with Crippen LogP contribution in [-0.2, 0) is 25.2 Å². The Bertz CT molecular complexity index is 1090. The van der Waals surface area contributed by atoms with E-state index in [1.54, 1.807) is 6.92 Å². The highest BCUT2D eigenvalue weighted by molar-refractivity contribution is 6.32. The first kappa shape index (κ1) is 21.1. The van der Waals surface area contributed by atoms with Crippen molar-refractivity contribution in [3.05, 3.63) is 34.0 Å². The molecule has 0 radical (unpaired) electrons. The predicted molar refractivity (Wildman–Crippen MR) is 92.6 cm³/mol. The Labute approximate surface area is 164 Å². The van der Waals surface area contributed by atoms with E-state index in [0.717, 1.165) is 4.68 Å². The van der Waals surface area contributed by atoms with E-state index < -0.39 is 40.7 Å². The zero-order chi connectivity index (χ0) is 21.7. The van der Waals surface area contributed by atoms with Crippen molar-refractivity contribution in [1.82, 2.24) is 24.7 Å². The average Bonchev–Trinajstić information content (AvgIpc) is 2.95. The lowest BCUT2D eigenvalue weighted by Gasteiger charge is -2.14. The second-order valence-corrected chi connectivity index (χ2v) is 6.38. The van der Waals surface area contributed by atoms with Crippen molar-refractivity contribution >= 4 is 28.5 Å². The minimum atomic E-state index is -5.21. The molecule has 0 bridgehead atoms. The number of nitrogens with two attached hydrogens (primary N) is 1. The Balaban J connectivity index is 2.44.